The SMILES string of the molecule is C=C1CC(CO)N(C(=O)c2cc(OC)c(OCCCOc3cc(N)c(C(=O)N4CC(=C)C[C@H]4CO)cc3OC)cc2N)C1. The summed E-state index contributed by atoms with van der Waals surface area (Å²) in [5, 5.41) is 19.3. The summed E-state index contributed by atoms with van der Waals surface area (Å²) in [7, 11) is 2.94. The number of hydrogen-bond donors (Lipinski definition) is 4. The lowest BCUT2D eigenvalue weighted by Gasteiger charge is -2.24. The average molecular weight is 597 g/mol. The van der Waals surface area contributed by atoms with Crippen molar-refractivity contribution in [3.05, 3.63) is 59.7 Å². The fourth-order valence-corrected chi connectivity index (χ4v) is 5.36. The van der Waals surface area contributed by atoms with Crippen LogP contribution in [0.3, 0.4) is 0 Å². The first-order valence-corrected chi connectivity index (χ1v) is 14.0. The summed E-state index contributed by atoms with van der Waals surface area (Å²) in [4.78, 5) is 29.5. The van der Waals surface area contributed by atoms with E-state index in [2.05, 4.69) is 13.2 Å². The Morgan fingerprint density at radius 2 is 1.16 bits per heavy atom. The number of rotatable bonds is 12. The van der Waals surface area contributed by atoms with Crippen LogP contribution in [0.4, 0.5) is 11.4 Å². The number of likely N-dealkylation sites (tertiary alicyclic amines) is 2. The number of nitrogens with zero attached hydrogens (tertiary/aromatic N) is 2. The highest BCUT2D eigenvalue weighted by molar-refractivity contribution is 6.01. The molecular weight excluding hydrogens is 556 g/mol. The Labute approximate surface area is 251 Å². The van der Waals surface area contributed by atoms with Crippen molar-refractivity contribution in [3.8, 4) is 23.0 Å². The van der Waals surface area contributed by atoms with Gasteiger partial charge in [-0.2, -0.15) is 0 Å². The first kappa shape index (κ1) is 31.5. The molecule has 12 heteroatoms. The fraction of sp³-hybridized carbons (Fsp3) is 0.419. The fourth-order valence-electron chi connectivity index (χ4n) is 5.36. The number of aliphatic hydroxyl groups excluding tert-OH is 2. The second-order valence-electron chi connectivity index (χ2n) is 10.7. The van der Waals surface area contributed by atoms with Crippen molar-refractivity contribution in [3.63, 3.8) is 0 Å². The number of carbonyl (C=O) groups excluding carboxylic acids is 2. The van der Waals surface area contributed by atoms with E-state index in [4.69, 9.17) is 30.4 Å². The van der Waals surface area contributed by atoms with Crippen LogP contribution in [-0.2, 0) is 0 Å². The van der Waals surface area contributed by atoms with E-state index in [1.54, 1.807) is 21.9 Å². The van der Waals surface area contributed by atoms with E-state index in [0.717, 1.165) is 11.1 Å². The molecule has 6 N–H and O–H groups in total. The van der Waals surface area contributed by atoms with Crippen LogP contribution in [0.1, 0.15) is 40.0 Å². The van der Waals surface area contributed by atoms with Gasteiger partial charge in [0.1, 0.15) is 0 Å². The Bertz CT molecular complexity index is 1290. The van der Waals surface area contributed by atoms with Gasteiger partial charge in [-0.3, -0.25) is 9.59 Å². The highest BCUT2D eigenvalue weighted by atomic mass is 16.5. The lowest BCUT2D eigenvalue weighted by Crippen LogP contribution is -2.38. The second kappa shape index (κ2) is 13.7. The predicted octanol–water partition coefficient (Wildman–Crippen LogP) is 2.24. The van der Waals surface area contributed by atoms with E-state index in [0.29, 0.717) is 55.4 Å². The van der Waals surface area contributed by atoms with Crippen LogP contribution in [0.25, 0.3) is 0 Å². The lowest BCUT2D eigenvalue weighted by molar-refractivity contribution is 0.0674. The van der Waals surface area contributed by atoms with Crippen LogP contribution in [0, 0.1) is 0 Å². The van der Waals surface area contributed by atoms with E-state index >= 15 is 0 Å². The molecule has 0 saturated carbocycles. The maximum absolute atomic E-state index is 13.2. The van der Waals surface area contributed by atoms with Crippen molar-refractivity contribution in [2.75, 3.05) is 65.2 Å². The number of carbonyl (C=O) groups is 2. The van der Waals surface area contributed by atoms with Gasteiger partial charge in [-0.1, -0.05) is 24.3 Å². The van der Waals surface area contributed by atoms with Gasteiger partial charge in [-0.15, -0.1) is 0 Å². The van der Waals surface area contributed by atoms with Crippen LogP contribution < -0.4 is 30.4 Å². The smallest absolute Gasteiger partial charge is 0.256 e. The second-order valence-corrected chi connectivity index (χ2v) is 10.7. The summed E-state index contributed by atoms with van der Waals surface area (Å²) < 4.78 is 22.7. The first-order chi connectivity index (χ1) is 20.6. The van der Waals surface area contributed by atoms with E-state index in [1.165, 1.54) is 26.4 Å². The van der Waals surface area contributed by atoms with Gasteiger partial charge in [0.05, 0.1) is 63.9 Å². The molecule has 0 radical (unpaired) electrons. The maximum Gasteiger partial charge on any atom is 0.256 e. The van der Waals surface area contributed by atoms with Crippen LogP contribution >= 0.6 is 0 Å². The molecule has 2 aliphatic heterocycles. The van der Waals surface area contributed by atoms with Crippen molar-refractivity contribution in [2.24, 2.45) is 0 Å². The molecular formula is C31H40N4O8. The molecule has 4 rings (SSSR count). The van der Waals surface area contributed by atoms with Crippen LogP contribution in [0.15, 0.2) is 48.6 Å². The Morgan fingerprint density at radius 3 is 1.51 bits per heavy atom. The zero-order valence-corrected chi connectivity index (χ0v) is 24.6. The minimum Gasteiger partial charge on any atom is -0.493 e. The summed E-state index contributed by atoms with van der Waals surface area (Å²) >= 11 is 0. The molecule has 0 aliphatic carbocycles. The molecule has 2 aromatic carbocycles. The Balaban J connectivity index is 1.36. The standard InChI is InChI=1S/C31H40N4O8/c1-18-8-20(16-36)34(14-18)30(38)22-10-26(40-3)28(12-24(22)32)42-6-5-7-43-29-13-25(33)23(11-27(29)41-4)31(39)35-15-19(2)9-21(35)17-37/h10-13,20-21,36-37H,1-2,5-9,14-17,32-33H2,3-4H3/t20-,21?/m0/s1. The maximum atomic E-state index is 13.2. The summed E-state index contributed by atoms with van der Waals surface area (Å²) in [6, 6.07) is 5.49. The van der Waals surface area contributed by atoms with E-state index < -0.39 is 0 Å². The molecule has 43 heavy (non-hydrogen) atoms. The van der Waals surface area contributed by atoms with E-state index in [9.17, 15) is 19.8 Å². The van der Waals surface area contributed by atoms with Crippen molar-refractivity contribution in [1.82, 2.24) is 9.80 Å². The van der Waals surface area contributed by atoms with Gasteiger partial charge in [0.25, 0.3) is 11.8 Å². The van der Waals surface area contributed by atoms with E-state index in [1.807, 2.05) is 0 Å². The van der Waals surface area contributed by atoms with Gasteiger partial charge >= 0.3 is 0 Å². The predicted molar refractivity (Wildman–Crippen MR) is 162 cm³/mol. The molecule has 232 valence electrons. The third-order valence-electron chi connectivity index (χ3n) is 7.60. The molecule has 1 unspecified atom stereocenters. The normalized spacial score (nSPS) is 18.2. The van der Waals surface area contributed by atoms with Crippen LogP contribution in [-0.4, -0.2) is 97.6 Å². The highest BCUT2D eigenvalue weighted by Gasteiger charge is 2.33. The first-order valence-electron chi connectivity index (χ1n) is 14.0. The zero-order chi connectivity index (χ0) is 31.3. The third kappa shape index (κ3) is 6.81. The van der Waals surface area contributed by atoms with Gasteiger partial charge in [-0.25, -0.2) is 0 Å². The molecule has 2 atom stereocenters. The largest absolute Gasteiger partial charge is 0.493 e. The van der Waals surface area contributed by atoms with Gasteiger partial charge in [0.15, 0.2) is 23.0 Å². The van der Waals surface area contributed by atoms with Gasteiger partial charge in [0.2, 0.25) is 0 Å². The quantitative estimate of drug-likeness (QED) is 0.162. The third-order valence-corrected chi connectivity index (χ3v) is 7.60. The number of benzene rings is 2. The van der Waals surface area contributed by atoms with Crippen molar-refractivity contribution < 1.29 is 38.7 Å². The number of anilines is 2. The molecule has 0 bridgehead atoms. The van der Waals surface area contributed by atoms with E-state index in [-0.39, 0.29) is 72.8 Å². The lowest BCUT2D eigenvalue weighted by atomic mass is 10.1. The minimum absolute atomic E-state index is 0.161. The Morgan fingerprint density at radius 1 is 0.767 bits per heavy atom. The summed E-state index contributed by atoms with van der Waals surface area (Å²) in [5.41, 5.74) is 15.2. The molecule has 2 aromatic rings. The average Bonchev–Trinajstić information content (AvgIpc) is 3.57. The molecule has 2 aliphatic rings. The molecule has 2 saturated heterocycles. The Hall–Kier alpha value is -4.42. The molecule has 12 nitrogen and oxygen atoms in total. The van der Waals surface area contributed by atoms with Gasteiger partial charge in [-0.05, 0) is 25.0 Å². The molecule has 2 heterocycles. The highest BCUT2D eigenvalue weighted by Crippen LogP contribution is 2.36. The monoisotopic (exact) mass is 596 g/mol. The number of aliphatic hydroxyl groups is 2. The molecule has 0 aromatic heterocycles. The number of nitrogen functional groups attached to an aromatic ring is 2. The van der Waals surface area contributed by atoms with Crippen LogP contribution in [0.2, 0.25) is 0 Å². The number of hydrogen-bond acceptors (Lipinski definition) is 10. The summed E-state index contributed by atoms with van der Waals surface area (Å²) in [6.07, 6.45) is 1.56. The van der Waals surface area contributed by atoms with Crippen molar-refractivity contribution in [2.45, 2.75) is 31.3 Å². The van der Waals surface area contributed by atoms with Crippen molar-refractivity contribution in [1.29, 1.82) is 0 Å². The number of nitrogens with two attached hydrogens (primary N) is 2. The zero-order valence-electron chi connectivity index (χ0n) is 24.6. The summed E-state index contributed by atoms with van der Waals surface area (Å²) in [6.45, 7) is 8.76. The van der Waals surface area contributed by atoms with Gasteiger partial charge in [0, 0.05) is 43.0 Å². The molecule has 2 amide bonds. The minimum atomic E-state index is -0.337. The van der Waals surface area contributed by atoms with Crippen LogP contribution in [0.5, 0.6) is 23.0 Å². The summed E-state index contributed by atoms with van der Waals surface area (Å²) in [5.74, 6) is 0.809. The van der Waals surface area contributed by atoms with Gasteiger partial charge < -0.3 is 50.4 Å². The molecule has 2 fully saturated rings. The number of amides is 2. The molecule has 0 spiro atoms. The number of methoxy groups -OCH3 is 2. The number of ether oxygens (including phenoxy) is 4. The Kier molecular flexibility index (Phi) is 10.0. The topological polar surface area (TPSA) is 170 Å². The van der Waals surface area contributed by atoms with Crippen molar-refractivity contribution >= 4 is 23.2 Å².